The van der Waals surface area contributed by atoms with E-state index in [1.165, 1.54) is 24.0 Å². The van der Waals surface area contributed by atoms with E-state index in [9.17, 15) is 0 Å². The molecule has 2 nitrogen and oxygen atoms in total. The van der Waals surface area contributed by atoms with Crippen LogP contribution in [0.3, 0.4) is 0 Å². The van der Waals surface area contributed by atoms with E-state index in [4.69, 9.17) is 5.73 Å². The van der Waals surface area contributed by atoms with Crippen LogP contribution in [-0.2, 0) is 13.0 Å². The zero-order chi connectivity index (χ0) is 14.3. The fourth-order valence-corrected chi connectivity index (χ4v) is 2.30. The molecule has 2 heteroatoms. The minimum absolute atomic E-state index is 0.0390. The van der Waals surface area contributed by atoms with E-state index >= 15 is 0 Å². The monoisotopic (exact) mass is 262 g/mol. The third kappa shape index (κ3) is 7.34. The van der Waals surface area contributed by atoms with Crippen LogP contribution in [0.25, 0.3) is 0 Å². The zero-order valence-corrected chi connectivity index (χ0v) is 13.1. The van der Waals surface area contributed by atoms with Crippen molar-refractivity contribution >= 4 is 0 Å². The maximum absolute atomic E-state index is 6.00. The minimum atomic E-state index is -0.0390. The maximum atomic E-state index is 6.00. The molecule has 0 aromatic heterocycles. The Hall–Kier alpha value is -0.860. The van der Waals surface area contributed by atoms with Gasteiger partial charge in [-0.05, 0) is 57.8 Å². The van der Waals surface area contributed by atoms with Crippen LogP contribution in [0.4, 0.5) is 0 Å². The number of nitrogens with zero attached hydrogens (tertiary/aromatic N) is 1. The summed E-state index contributed by atoms with van der Waals surface area (Å²) in [6, 6.07) is 9.04. The van der Waals surface area contributed by atoms with Crippen LogP contribution in [0, 0.1) is 0 Å². The van der Waals surface area contributed by atoms with Crippen molar-refractivity contribution in [1.29, 1.82) is 0 Å². The molecule has 0 amide bonds. The van der Waals surface area contributed by atoms with Gasteiger partial charge in [-0.25, -0.2) is 0 Å². The van der Waals surface area contributed by atoms with Gasteiger partial charge >= 0.3 is 0 Å². The van der Waals surface area contributed by atoms with Crippen molar-refractivity contribution in [3.05, 3.63) is 35.4 Å². The summed E-state index contributed by atoms with van der Waals surface area (Å²) in [6.45, 7) is 8.55. The molecule has 0 spiro atoms. The van der Waals surface area contributed by atoms with Crippen molar-refractivity contribution in [3.8, 4) is 0 Å². The Bertz CT molecular complexity index is 349. The lowest BCUT2D eigenvalue weighted by molar-refractivity contribution is 0.303. The SMILES string of the molecule is CCCc1ccc(CN(C)CCCC(C)(C)N)cc1. The van der Waals surface area contributed by atoms with Gasteiger partial charge in [0.05, 0.1) is 0 Å². The van der Waals surface area contributed by atoms with Gasteiger partial charge in [-0.2, -0.15) is 0 Å². The van der Waals surface area contributed by atoms with Crippen LogP contribution in [0.5, 0.6) is 0 Å². The number of benzene rings is 1. The second-order valence-electron chi connectivity index (χ2n) is 6.40. The van der Waals surface area contributed by atoms with Crippen molar-refractivity contribution in [2.24, 2.45) is 5.73 Å². The van der Waals surface area contributed by atoms with Gasteiger partial charge in [0.2, 0.25) is 0 Å². The molecule has 0 fully saturated rings. The van der Waals surface area contributed by atoms with Gasteiger partial charge in [0, 0.05) is 12.1 Å². The van der Waals surface area contributed by atoms with Crippen LogP contribution in [0.2, 0.25) is 0 Å². The number of hydrogen-bond donors (Lipinski definition) is 1. The molecule has 19 heavy (non-hydrogen) atoms. The first-order chi connectivity index (χ1) is 8.90. The first-order valence-electron chi connectivity index (χ1n) is 7.46. The normalized spacial score (nSPS) is 12.1. The molecule has 0 aliphatic carbocycles. The van der Waals surface area contributed by atoms with Gasteiger partial charge in [-0.3, -0.25) is 0 Å². The molecule has 0 radical (unpaired) electrons. The Balaban J connectivity index is 2.33. The van der Waals surface area contributed by atoms with Crippen molar-refractivity contribution in [2.45, 2.75) is 58.5 Å². The molecule has 0 bridgehead atoms. The molecular formula is C17H30N2. The quantitative estimate of drug-likeness (QED) is 0.776. The van der Waals surface area contributed by atoms with Gasteiger partial charge in [0.1, 0.15) is 0 Å². The number of rotatable bonds is 8. The van der Waals surface area contributed by atoms with Crippen molar-refractivity contribution in [3.63, 3.8) is 0 Å². The molecule has 0 saturated carbocycles. The highest BCUT2D eigenvalue weighted by atomic mass is 15.1. The molecule has 0 unspecified atom stereocenters. The number of aryl methyl sites for hydroxylation is 1. The van der Waals surface area contributed by atoms with E-state index in [2.05, 4.69) is 57.0 Å². The summed E-state index contributed by atoms with van der Waals surface area (Å²) >= 11 is 0. The van der Waals surface area contributed by atoms with Crippen LogP contribution in [-0.4, -0.2) is 24.0 Å². The Kier molecular flexibility index (Phi) is 6.53. The Morgan fingerprint density at radius 2 is 1.68 bits per heavy atom. The fraction of sp³-hybridized carbons (Fsp3) is 0.647. The van der Waals surface area contributed by atoms with E-state index < -0.39 is 0 Å². The highest BCUT2D eigenvalue weighted by Crippen LogP contribution is 2.11. The fourth-order valence-electron chi connectivity index (χ4n) is 2.30. The van der Waals surface area contributed by atoms with Crippen LogP contribution < -0.4 is 5.73 Å². The topological polar surface area (TPSA) is 29.3 Å². The predicted molar refractivity (Wildman–Crippen MR) is 84.3 cm³/mol. The average Bonchev–Trinajstić information content (AvgIpc) is 2.30. The standard InChI is InChI=1S/C17H30N2/c1-5-7-15-8-10-16(11-9-15)14-19(4)13-6-12-17(2,3)18/h8-11H,5-7,12-14,18H2,1-4H3. The summed E-state index contributed by atoms with van der Waals surface area (Å²) in [6.07, 6.45) is 4.64. The summed E-state index contributed by atoms with van der Waals surface area (Å²) in [5.41, 5.74) is 8.80. The molecule has 0 aliphatic rings. The Labute approximate surface area is 119 Å². The smallest absolute Gasteiger partial charge is 0.0230 e. The molecule has 0 saturated heterocycles. The van der Waals surface area contributed by atoms with Gasteiger partial charge in [0.15, 0.2) is 0 Å². The largest absolute Gasteiger partial charge is 0.326 e. The summed E-state index contributed by atoms with van der Waals surface area (Å²) in [7, 11) is 2.18. The van der Waals surface area contributed by atoms with E-state index in [-0.39, 0.29) is 5.54 Å². The van der Waals surface area contributed by atoms with Crippen LogP contribution in [0.1, 0.15) is 51.2 Å². The highest BCUT2D eigenvalue weighted by molar-refractivity contribution is 5.22. The Morgan fingerprint density at radius 3 is 2.21 bits per heavy atom. The lowest BCUT2D eigenvalue weighted by atomic mass is 10.00. The third-order valence-electron chi connectivity index (χ3n) is 3.38. The maximum Gasteiger partial charge on any atom is 0.0230 e. The molecular weight excluding hydrogens is 232 g/mol. The van der Waals surface area contributed by atoms with Gasteiger partial charge in [-0.1, -0.05) is 37.6 Å². The van der Waals surface area contributed by atoms with E-state index in [0.717, 1.165) is 25.9 Å². The first kappa shape index (κ1) is 16.2. The summed E-state index contributed by atoms with van der Waals surface area (Å²) in [5, 5.41) is 0. The van der Waals surface area contributed by atoms with Crippen LogP contribution in [0.15, 0.2) is 24.3 Å². The third-order valence-corrected chi connectivity index (χ3v) is 3.38. The summed E-state index contributed by atoms with van der Waals surface area (Å²) in [4.78, 5) is 2.38. The molecule has 2 N–H and O–H groups in total. The highest BCUT2D eigenvalue weighted by Gasteiger charge is 2.10. The van der Waals surface area contributed by atoms with Crippen LogP contribution >= 0.6 is 0 Å². The molecule has 1 rings (SSSR count). The number of hydrogen-bond acceptors (Lipinski definition) is 2. The minimum Gasteiger partial charge on any atom is -0.326 e. The average molecular weight is 262 g/mol. The lowest BCUT2D eigenvalue weighted by Crippen LogP contribution is -2.33. The summed E-state index contributed by atoms with van der Waals surface area (Å²) < 4.78 is 0. The molecule has 1 aromatic carbocycles. The van der Waals surface area contributed by atoms with Gasteiger partial charge in [-0.15, -0.1) is 0 Å². The van der Waals surface area contributed by atoms with E-state index in [1.54, 1.807) is 0 Å². The second kappa shape index (κ2) is 7.66. The van der Waals surface area contributed by atoms with Gasteiger partial charge < -0.3 is 10.6 Å². The van der Waals surface area contributed by atoms with E-state index in [0.29, 0.717) is 0 Å². The van der Waals surface area contributed by atoms with E-state index in [1.807, 2.05) is 0 Å². The molecule has 1 aromatic rings. The first-order valence-corrected chi connectivity index (χ1v) is 7.46. The molecule has 108 valence electrons. The second-order valence-corrected chi connectivity index (χ2v) is 6.40. The summed E-state index contributed by atoms with van der Waals surface area (Å²) in [5.74, 6) is 0. The predicted octanol–water partition coefficient (Wildman–Crippen LogP) is 3.59. The molecule has 0 aliphatic heterocycles. The Morgan fingerprint density at radius 1 is 1.11 bits per heavy atom. The zero-order valence-electron chi connectivity index (χ0n) is 13.1. The van der Waals surface area contributed by atoms with Gasteiger partial charge in [0.25, 0.3) is 0 Å². The van der Waals surface area contributed by atoms with Crippen molar-refractivity contribution in [1.82, 2.24) is 4.90 Å². The van der Waals surface area contributed by atoms with Crippen molar-refractivity contribution in [2.75, 3.05) is 13.6 Å². The lowest BCUT2D eigenvalue weighted by Gasteiger charge is -2.21. The molecule has 0 heterocycles. The van der Waals surface area contributed by atoms with Crippen molar-refractivity contribution < 1.29 is 0 Å². The number of nitrogens with two attached hydrogens (primary N) is 1. The molecule has 0 atom stereocenters.